The molecule has 5 heteroatoms. The quantitative estimate of drug-likeness (QED) is 0.863. The summed E-state index contributed by atoms with van der Waals surface area (Å²) in [6.45, 7) is 0. The highest BCUT2D eigenvalue weighted by Crippen LogP contribution is 2.29. The number of nitrogens with two attached hydrogens (primary N) is 1. The van der Waals surface area contributed by atoms with Gasteiger partial charge in [0.25, 0.3) is 0 Å². The highest BCUT2D eigenvalue weighted by molar-refractivity contribution is 5.94. The number of pyridine rings is 1. The van der Waals surface area contributed by atoms with E-state index in [1.54, 1.807) is 18.3 Å². The van der Waals surface area contributed by atoms with Gasteiger partial charge in [-0.1, -0.05) is 0 Å². The van der Waals surface area contributed by atoms with Gasteiger partial charge in [-0.2, -0.15) is 0 Å². The van der Waals surface area contributed by atoms with E-state index < -0.39 is 0 Å². The second-order valence-corrected chi connectivity index (χ2v) is 4.39. The molecular weight excluding hydrogens is 242 g/mol. The molecule has 0 fully saturated rings. The fraction of sp³-hybridized carbons (Fsp3) is 0.143. The van der Waals surface area contributed by atoms with Crippen molar-refractivity contribution in [2.24, 2.45) is 0 Å². The number of nitrogens with zero attached hydrogens (tertiary/aromatic N) is 1. The number of anilines is 2. The molecule has 0 radical (unpaired) electrons. The zero-order valence-electron chi connectivity index (χ0n) is 10.2. The van der Waals surface area contributed by atoms with Gasteiger partial charge in [-0.05, 0) is 42.3 Å². The number of aryl methyl sites for hydroxylation is 1. The second kappa shape index (κ2) is 4.61. The van der Waals surface area contributed by atoms with E-state index in [-0.39, 0.29) is 5.91 Å². The zero-order valence-corrected chi connectivity index (χ0v) is 10.2. The third-order valence-corrected chi connectivity index (χ3v) is 2.97. The summed E-state index contributed by atoms with van der Waals surface area (Å²) in [7, 11) is 0. The summed E-state index contributed by atoms with van der Waals surface area (Å²) in [6, 6.07) is 9.07. The smallest absolute Gasteiger partial charge is 0.224 e. The number of nitrogen functional groups attached to an aromatic ring is 1. The third kappa shape index (κ3) is 2.49. The maximum absolute atomic E-state index is 11.3. The molecule has 3 rings (SSSR count). The number of benzene rings is 1. The Morgan fingerprint density at radius 2 is 2.00 bits per heavy atom. The highest BCUT2D eigenvalue weighted by atomic mass is 16.5. The normalized spacial score (nSPS) is 13.6. The number of ether oxygens (including phenoxy) is 1. The van der Waals surface area contributed by atoms with Crippen LogP contribution in [0, 0.1) is 0 Å². The summed E-state index contributed by atoms with van der Waals surface area (Å²) < 4.78 is 5.70. The van der Waals surface area contributed by atoms with Gasteiger partial charge in [0.2, 0.25) is 5.91 Å². The Morgan fingerprint density at radius 1 is 1.16 bits per heavy atom. The number of carbonyl (C=O) groups is 1. The molecule has 2 heterocycles. The molecule has 0 aliphatic carbocycles. The lowest BCUT2D eigenvalue weighted by Crippen LogP contribution is -2.18. The average molecular weight is 255 g/mol. The minimum atomic E-state index is 0.0592. The van der Waals surface area contributed by atoms with E-state index in [0.29, 0.717) is 18.0 Å². The summed E-state index contributed by atoms with van der Waals surface area (Å²) in [4.78, 5) is 15.2. The molecule has 1 aromatic carbocycles. The molecule has 1 aliphatic heterocycles. The van der Waals surface area contributed by atoms with Gasteiger partial charge in [0.1, 0.15) is 17.3 Å². The van der Waals surface area contributed by atoms with E-state index >= 15 is 0 Å². The Labute approximate surface area is 110 Å². The van der Waals surface area contributed by atoms with Crippen LogP contribution in [0.15, 0.2) is 36.5 Å². The van der Waals surface area contributed by atoms with E-state index in [4.69, 9.17) is 10.5 Å². The van der Waals surface area contributed by atoms with Crippen LogP contribution < -0.4 is 15.8 Å². The van der Waals surface area contributed by atoms with Crippen LogP contribution in [0.1, 0.15) is 12.0 Å². The lowest BCUT2D eigenvalue weighted by molar-refractivity contribution is -0.116. The summed E-state index contributed by atoms with van der Waals surface area (Å²) in [6.07, 6.45) is 2.83. The molecular formula is C14H13N3O2. The Morgan fingerprint density at radius 3 is 2.79 bits per heavy atom. The van der Waals surface area contributed by atoms with Crippen LogP contribution >= 0.6 is 0 Å². The first-order valence-corrected chi connectivity index (χ1v) is 6.03. The maximum Gasteiger partial charge on any atom is 0.224 e. The Balaban J connectivity index is 1.82. The number of rotatable bonds is 2. The lowest BCUT2D eigenvalue weighted by Gasteiger charge is -2.17. The zero-order chi connectivity index (χ0) is 13.2. The number of hydrogen-bond donors (Lipinski definition) is 2. The van der Waals surface area contributed by atoms with Crippen LogP contribution in [0.2, 0.25) is 0 Å². The van der Waals surface area contributed by atoms with E-state index in [1.807, 2.05) is 18.2 Å². The Kier molecular flexibility index (Phi) is 2.79. The van der Waals surface area contributed by atoms with Gasteiger partial charge in [0.05, 0.1) is 6.20 Å². The van der Waals surface area contributed by atoms with Gasteiger partial charge in [0.15, 0.2) is 0 Å². The molecule has 0 unspecified atom stereocenters. The first kappa shape index (κ1) is 11.5. The lowest BCUT2D eigenvalue weighted by atomic mass is 10.0. The van der Waals surface area contributed by atoms with Crippen molar-refractivity contribution in [3.63, 3.8) is 0 Å². The number of amides is 1. The molecule has 0 saturated heterocycles. The third-order valence-electron chi connectivity index (χ3n) is 2.97. The number of nitrogens with one attached hydrogen (secondary N) is 1. The fourth-order valence-electron chi connectivity index (χ4n) is 2.01. The molecule has 96 valence electrons. The van der Waals surface area contributed by atoms with Gasteiger partial charge < -0.3 is 15.8 Å². The minimum Gasteiger partial charge on any atom is -0.456 e. The first-order chi connectivity index (χ1) is 9.20. The van der Waals surface area contributed by atoms with Crippen LogP contribution in [0.3, 0.4) is 0 Å². The van der Waals surface area contributed by atoms with Crippen molar-refractivity contribution in [2.75, 3.05) is 11.1 Å². The topological polar surface area (TPSA) is 77.2 Å². The molecule has 2 aromatic rings. The minimum absolute atomic E-state index is 0.0592. The molecule has 3 N–H and O–H groups in total. The molecule has 0 saturated carbocycles. The Hall–Kier alpha value is -2.56. The SMILES string of the molecule is Nc1ccc(Oc2ccc3c(c2)CCC(=O)N3)cn1. The van der Waals surface area contributed by atoms with Crippen molar-refractivity contribution in [1.29, 1.82) is 0 Å². The number of aromatic nitrogens is 1. The van der Waals surface area contributed by atoms with Crippen LogP contribution in [0.4, 0.5) is 11.5 Å². The highest BCUT2D eigenvalue weighted by Gasteiger charge is 2.15. The predicted molar refractivity (Wildman–Crippen MR) is 72.1 cm³/mol. The van der Waals surface area contributed by atoms with Gasteiger partial charge in [0, 0.05) is 12.1 Å². The molecule has 5 nitrogen and oxygen atoms in total. The average Bonchev–Trinajstić information content (AvgIpc) is 2.42. The molecule has 19 heavy (non-hydrogen) atoms. The van der Waals surface area contributed by atoms with E-state index in [1.165, 1.54) is 0 Å². The van der Waals surface area contributed by atoms with Gasteiger partial charge in [-0.25, -0.2) is 4.98 Å². The summed E-state index contributed by atoms with van der Waals surface area (Å²) >= 11 is 0. The maximum atomic E-state index is 11.3. The van der Waals surface area contributed by atoms with Crippen molar-refractivity contribution in [1.82, 2.24) is 4.98 Å². The molecule has 0 atom stereocenters. The Bertz CT molecular complexity index is 623. The van der Waals surface area contributed by atoms with E-state index in [9.17, 15) is 4.79 Å². The van der Waals surface area contributed by atoms with E-state index in [0.717, 1.165) is 23.4 Å². The van der Waals surface area contributed by atoms with Crippen molar-refractivity contribution in [2.45, 2.75) is 12.8 Å². The van der Waals surface area contributed by atoms with Crippen LogP contribution in [-0.2, 0) is 11.2 Å². The van der Waals surface area contributed by atoms with Gasteiger partial charge in [-0.15, -0.1) is 0 Å². The number of hydrogen-bond acceptors (Lipinski definition) is 4. The molecule has 0 spiro atoms. The summed E-state index contributed by atoms with van der Waals surface area (Å²) in [5.74, 6) is 1.87. The van der Waals surface area contributed by atoms with Crippen LogP contribution in [0.25, 0.3) is 0 Å². The molecule has 1 amide bonds. The van der Waals surface area contributed by atoms with Gasteiger partial charge in [-0.3, -0.25) is 4.79 Å². The monoisotopic (exact) mass is 255 g/mol. The van der Waals surface area contributed by atoms with Crippen molar-refractivity contribution < 1.29 is 9.53 Å². The molecule has 1 aromatic heterocycles. The van der Waals surface area contributed by atoms with Crippen LogP contribution in [0.5, 0.6) is 11.5 Å². The predicted octanol–water partition coefficient (Wildman–Crippen LogP) is 2.34. The molecule has 1 aliphatic rings. The number of carbonyl (C=O) groups excluding carboxylic acids is 1. The number of fused-ring (bicyclic) bond motifs is 1. The van der Waals surface area contributed by atoms with Crippen molar-refractivity contribution in [3.05, 3.63) is 42.1 Å². The first-order valence-electron chi connectivity index (χ1n) is 6.03. The molecule has 0 bridgehead atoms. The van der Waals surface area contributed by atoms with E-state index in [2.05, 4.69) is 10.3 Å². The van der Waals surface area contributed by atoms with Crippen molar-refractivity contribution >= 4 is 17.4 Å². The van der Waals surface area contributed by atoms with Crippen molar-refractivity contribution in [3.8, 4) is 11.5 Å². The standard InChI is InChI=1S/C14H13N3O2/c15-13-5-3-11(8-16-13)19-10-2-4-12-9(7-10)1-6-14(18)17-12/h2-5,7-8H,1,6H2,(H2,15,16)(H,17,18). The van der Waals surface area contributed by atoms with Gasteiger partial charge >= 0.3 is 0 Å². The second-order valence-electron chi connectivity index (χ2n) is 4.39. The summed E-state index contributed by atoms with van der Waals surface area (Å²) in [5, 5.41) is 2.84. The fourth-order valence-corrected chi connectivity index (χ4v) is 2.01. The largest absolute Gasteiger partial charge is 0.456 e. The summed E-state index contributed by atoms with van der Waals surface area (Å²) in [5.41, 5.74) is 7.46. The van der Waals surface area contributed by atoms with Crippen LogP contribution in [-0.4, -0.2) is 10.9 Å².